The Labute approximate surface area is 111 Å². The zero-order valence-corrected chi connectivity index (χ0v) is 11.2. The van der Waals surface area contributed by atoms with Gasteiger partial charge in [-0.3, -0.25) is 4.79 Å². The highest BCUT2D eigenvalue weighted by molar-refractivity contribution is 6.19. The fourth-order valence-electron chi connectivity index (χ4n) is 1.24. The summed E-state index contributed by atoms with van der Waals surface area (Å²) < 4.78 is 4.86. The van der Waals surface area contributed by atoms with Gasteiger partial charge in [0.15, 0.2) is 0 Å². The minimum absolute atomic E-state index is 0.145. The molecule has 0 aliphatic carbocycles. The van der Waals surface area contributed by atoms with Crippen molar-refractivity contribution in [2.24, 2.45) is 5.92 Å². The molecule has 0 heterocycles. The summed E-state index contributed by atoms with van der Waals surface area (Å²) in [4.78, 5) is 23.0. The van der Waals surface area contributed by atoms with Crippen LogP contribution in [-0.2, 0) is 9.53 Å². The van der Waals surface area contributed by atoms with Crippen LogP contribution in [0.4, 0.5) is 5.69 Å². The molecule has 1 unspecified atom stereocenters. The molecule has 0 aliphatic heterocycles. The molecular weight excluding hydrogens is 254 g/mol. The number of anilines is 1. The van der Waals surface area contributed by atoms with E-state index in [-0.39, 0.29) is 23.7 Å². The van der Waals surface area contributed by atoms with E-state index in [4.69, 9.17) is 16.3 Å². The van der Waals surface area contributed by atoms with Crippen molar-refractivity contribution < 1.29 is 14.3 Å². The molecule has 1 atom stereocenters. The van der Waals surface area contributed by atoms with Crippen LogP contribution in [-0.4, -0.2) is 24.4 Å². The Hall–Kier alpha value is -1.55. The highest BCUT2D eigenvalue weighted by Crippen LogP contribution is 2.12. The molecule has 1 rings (SSSR count). The molecule has 1 aromatic carbocycles. The number of halogens is 1. The number of hydrogen-bond acceptors (Lipinski definition) is 3. The quantitative estimate of drug-likeness (QED) is 0.660. The van der Waals surface area contributed by atoms with E-state index in [2.05, 4.69) is 5.32 Å². The third kappa shape index (κ3) is 4.04. The maximum absolute atomic E-state index is 11.6. The zero-order valence-electron chi connectivity index (χ0n) is 10.4. The lowest BCUT2D eigenvalue weighted by molar-refractivity contribution is -0.118. The van der Waals surface area contributed by atoms with Crippen LogP contribution in [0.15, 0.2) is 24.3 Å². The van der Waals surface area contributed by atoms with Gasteiger partial charge in [-0.25, -0.2) is 4.79 Å². The van der Waals surface area contributed by atoms with Crippen molar-refractivity contribution in [2.75, 3.05) is 17.8 Å². The van der Waals surface area contributed by atoms with Crippen LogP contribution in [0.5, 0.6) is 0 Å². The molecule has 5 heteroatoms. The van der Waals surface area contributed by atoms with Gasteiger partial charge in [0.1, 0.15) is 0 Å². The Balaban J connectivity index is 2.66. The van der Waals surface area contributed by atoms with E-state index in [1.165, 1.54) is 0 Å². The van der Waals surface area contributed by atoms with Crippen LogP contribution < -0.4 is 5.32 Å². The van der Waals surface area contributed by atoms with Gasteiger partial charge in [-0.15, -0.1) is 11.6 Å². The highest BCUT2D eigenvalue weighted by atomic mass is 35.5. The number of ether oxygens (including phenoxy) is 1. The van der Waals surface area contributed by atoms with Crippen LogP contribution >= 0.6 is 11.6 Å². The van der Waals surface area contributed by atoms with Gasteiger partial charge in [-0.05, 0) is 31.2 Å². The van der Waals surface area contributed by atoms with Crippen molar-refractivity contribution in [1.82, 2.24) is 0 Å². The molecule has 0 aliphatic rings. The van der Waals surface area contributed by atoms with Gasteiger partial charge in [0.25, 0.3) is 0 Å². The summed E-state index contributed by atoms with van der Waals surface area (Å²) in [5, 5.41) is 2.72. The van der Waals surface area contributed by atoms with Crippen LogP contribution in [0.1, 0.15) is 24.2 Å². The molecule has 0 bridgehead atoms. The average Bonchev–Trinajstić information content (AvgIpc) is 2.38. The van der Waals surface area contributed by atoms with Gasteiger partial charge in [0, 0.05) is 17.5 Å². The number of alkyl halides is 1. The van der Waals surface area contributed by atoms with Gasteiger partial charge in [0.05, 0.1) is 12.2 Å². The number of carbonyl (C=O) groups is 2. The Morgan fingerprint density at radius 3 is 2.44 bits per heavy atom. The summed E-state index contributed by atoms with van der Waals surface area (Å²) >= 11 is 5.59. The number of nitrogens with one attached hydrogen (secondary N) is 1. The molecule has 18 heavy (non-hydrogen) atoms. The zero-order chi connectivity index (χ0) is 13.5. The summed E-state index contributed by atoms with van der Waals surface area (Å²) in [6, 6.07) is 6.54. The topological polar surface area (TPSA) is 55.4 Å². The van der Waals surface area contributed by atoms with E-state index in [1.807, 2.05) is 0 Å². The summed E-state index contributed by atoms with van der Waals surface area (Å²) in [6.07, 6.45) is 0. The van der Waals surface area contributed by atoms with Gasteiger partial charge in [-0.2, -0.15) is 0 Å². The SMILES string of the molecule is CCOC(=O)c1ccc(NC(=O)C(C)CCl)cc1. The first kappa shape index (κ1) is 14.5. The lowest BCUT2D eigenvalue weighted by Gasteiger charge is -2.09. The Bertz CT molecular complexity index is 417. The summed E-state index contributed by atoms with van der Waals surface area (Å²) in [5.41, 5.74) is 1.09. The predicted molar refractivity (Wildman–Crippen MR) is 70.9 cm³/mol. The largest absolute Gasteiger partial charge is 0.462 e. The maximum Gasteiger partial charge on any atom is 0.338 e. The van der Waals surface area contributed by atoms with E-state index in [1.54, 1.807) is 38.1 Å². The molecule has 0 radical (unpaired) electrons. The molecule has 4 nitrogen and oxygen atoms in total. The maximum atomic E-state index is 11.6. The number of benzene rings is 1. The van der Waals surface area contributed by atoms with Gasteiger partial charge in [-0.1, -0.05) is 6.92 Å². The molecule has 0 aromatic heterocycles. The van der Waals surface area contributed by atoms with Gasteiger partial charge >= 0.3 is 5.97 Å². The monoisotopic (exact) mass is 269 g/mol. The van der Waals surface area contributed by atoms with E-state index < -0.39 is 0 Å². The minimum Gasteiger partial charge on any atom is -0.462 e. The lowest BCUT2D eigenvalue weighted by Crippen LogP contribution is -2.21. The van der Waals surface area contributed by atoms with Crippen LogP contribution in [0.3, 0.4) is 0 Å². The van der Waals surface area contributed by atoms with Gasteiger partial charge < -0.3 is 10.1 Å². The third-order valence-electron chi connectivity index (χ3n) is 2.34. The van der Waals surface area contributed by atoms with E-state index in [9.17, 15) is 9.59 Å². The number of carbonyl (C=O) groups excluding carboxylic acids is 2. The van der Waals surface area contributed by atoms with Crippen LogP contribution in [0.25, 0.3) is 0 Å². The fourth-order valence-corrected chi connectivity index (χ4v) is 1.38. The summed E-state index contributed by atoms with van der Waals surface area (Å²) in [7, 11) is 0. The summed E-state index contributed by atoms with van der Waals surface area (Å²) in [5.74, 6) is -0.498. The predicted octanol–water partition coefficient (Wildman–Crippen LogP) is 2.68. The molecule has 1 amide bonds. The van der Waals surface area contributed by atoms with E-state index in [0.29, 0.717) is 17.9 Å². The first-order valence-corrected chi connectivity index (χ1v) is 6.26. The highest BCUT2D eigenvalue weighted by Gasteiger charge is 2.12. The minimum atomic E-state index is -0.371. The van der Waals surface area contributed by atoms with Crippen molar-refractivity contribution >= 4 is 29.2 Å². The Morgan fingerprint density at radius 2 is 1.94 bits per heavy atom. The number of amides is 1. The van der Waals surface area contributed by atoms with Crippen molar-refractivity contribution in [2.45, 2.75) is 13.8 Å². The molecule has 0 saturated carbocycles. The van der Waals surface area contributed by atoms with E-state index in [0.717, 1.165) is 0 Å². The number of hydrogen-bond donors (Lipinski definition) is 1. The standard InChI is InChI=1S/C13H16ClNO3/c1-3-18-13(17)10-4-6-11(7-5-10)15-12(16)9(2)8-14/h4-7,9H,3,8H2,1-2H3,(H,15,16). The molecule has 0 fully saturated rings. The fraction of sp³-hybridized carbons (Fsp3) is 0.385. The van der Waals surface area contributed by atoms with Gasteiger partial charge in [0.2, 0.25) is 5.91 Å². The first-order chi connectivity index (χ1) is 8.58. The normalized spacial score (nSPS) is 11.7. The Kier molecular flexibility index (Phi) is 5.65. The second-order valence-electron chi connectivity index (χ2n) is 3.84. The van der Waals surface area contributed by atoms with Crippen molar-refractivity contribution in [3.63, 3.8) is 0 Å². The van der Waals surface area contributed by atoms with Crippen LogP contribution in [0, 0.1) is 5.92 Å². The Morgan fingerprint density at radius 1 is 1.33 bits per heavy atom. The van der Waals surface area contributed by atoms with Crippen LogP contribution in [0.2, 0.25) is 0 Å². The molecular formula is C13H16ClNO3. The number of rotatable bonds is 5. The molecule has 1 N–H and O–H groups in total. The lowest BCUT2D eigenvalue weighted by atomic mass is 10.1. The number of esters is 1. The molecule has 0 saturated heterocycles. The molecule has 98 valence electrons. The van der Waals surface area contributed by atoms with E-state index >= 15 is 0 Å². The molecule has 1 aromatic rings. The second kappa shape index (κ2) is 7.01. The first-order valence-electron chi connectivity index (χ1n) is 5.72. The van der Waals surface area contributed by atoms with Crippen molar-refractivity contribution in [1.29, 1.82) is 0 Å². The summed E-state index contributed by atoms with van der Waals surface area (Å²) in [6.45, 7) is 3.83. The third-order valence-corrected chi connectivity index (χ3v) is 2.81. The second-order valence-corrected chi connectivity index (χ2v) is 4.15. The molecule has 0 spiro atoms. The smallest absolute Gasteiger partial charge is 0.338 e. The van der Waals surface area contributed by atoms with Crippen molar-refractivity contribution in [3.8, 4) is 0 Å². The van der Waals surface area contributed by atoms with Crippen molar-refractivity contribution in [3.05, 3.63) is 29.8 Å². The average molecular weight is 270 g/mol.